The molecule has 1 fully saturated rings. The van der Waals surface area contributed by atoms with Crippen molar-refractivity contribution in [1.82, 2.24) is 0 Å². The summed E-state index contributed by atoms with van der Waals surface area (Å²) >= 11 is 0. The normalized spacial score (nSPS) is 15.7. The molecule has 0 spiro atoms. The predicted octanol–water partition coefficient (Wildman–Crippen LogP) is 3.18. The van der Waals surface area contributed by atoms with E-state index in [0.29, 0.717) is 23.7 Å². The molecule has 1 heterocycles. The van der Waals surface area contributed by atoms with Gasteiger partial charge in [0.25, 0.3) is 5.91 Å². The minimum Gasteiger partial charge on any atom is -0.492 e. The first-order valence-corrected chi connectivity index (χ1v) is 10.1. The van der Waals surface area contributed by atoms with E-state index in [9.17, 15) is 14.4 Å². The Morgan fingerprint density at radius 1 is 1.10 bits per heavy atom. The summed E-state index contributed by atoms with van der Waals surface area (Å²) in [6.45, 7) is 4.14. The lowest BCUT2D eigenvalue weighted by molar-refractivity contribution is -0.151. The van der Waals surface area contributed by atoms with Crippen molar-refractivity contribution >= 4 is 29.2 Å². The minimum absolute atomic E-state index is 0.0412. The lowest BCUT2D eigenvalue weighted by Crippen LogP contribution is -2.28. The first-order chi connectivity index (χ1) is 14.5. The lowest BCUT2D eigenvalue weighted by Gasteiger charge is -2.20. The summed E-state index contributed by atoms with van der Waals surface area (Å²) in [5, 5.41) is 2.76. The third kappa shape index (κ3) is 4.97. The SMILES string of the molecule is CCOc1ccccc1N1C[C@H](C(=O)OCC(=O)Nc2ccccc2CC)CC1=O. The highest BCUT2D eigenvalue weighted by atomic mass is 16.5. The van der Waals surface area contributed by atoms with Crippen LogP contribution in [0.1, 0.15) is 25.8 Å². The number of benzene rings is 2. The van der Waals surface area contributed by atoms with Gasteiger partial charge in [-0.25, -0.2) is 0 Å². The van der Waals surface area contributed by atoms with Crippen LogP contribution in [0.2, 0.25) is 0 Å². The van der Waals surface area contributed by atoms with Crippen LogP contribution < -0.4 is 15.0 Å². The van der Waals surface area contributed by atoms with Gasteiger partial charge in [0.1, 0.15) is 5.75 Å². The van der Waals surface area contributed by atoms with Gasteiger partial charge in [-0.1, -0.05) is 37.3 Å². The third-order valence-corrected chi connectivity index (χ3v) is 4.93. The summed E-state index contributed by atoms with van der Waals surface area (Å²) in [4.78, 5) is 38.6. The molecule has 0 aliphatic carbocycles. The zero-order valence-corrected chi connectivity index (χ0v) is 17.2. The topological polar surface area (TPSA) is 84.9 Å². The highest BCUT2D eigenvalue weighted by Crippen LogP contribution is 2.33. The number of para-hydroxylation sites is 3. The summed E-state index contributed by atoms with van der Waals surface area (Å²) < 4.78 is 10.8. The molecule has 1 saturated heterocycles. The number of esters is 1. The van der Waals surface area contributed by atoms with E-state index in [1.807, 2.05) is 50.2 Å². The van der Waals surface area contributed by atoms with Crippen LogP contribution in [0.4, 0.5) is 11.4 Å². The fourth-order valence-corrected chi connectivity index (χ4v) is 3.45. The Labute approximate surface area is 176 Å². The Morgan fingerprint density at radius 2 is 1.83 bits per heavy atom. The average molecular weight is 410 g/mol. The number of nitrogens with zero attached hydrogens (tertiary/aromatic N) is 1. The molecule has 7 heteroatoms. The van der Waals surface area contributed by atoms with Gasteiger partial charge in [-0.3, -0.25) is 14.4 Å². The van der Waals surface area contributed by atoms with Crippen molar-refractivity contribution in [2.75, 3.05) is 30.0 Å². The first-order valence-electron chi connectivity index (χ1n) is 10.1. The van der Waals surface area contributed by atoms with E-state index in [0.717, 1.165) is 12.0 Å². The van der Waals surface area contributed by atoms with Gasteiger partial charge in [0.2, 0.25) is 5.91 Å². The number of anilines is 2. The quantitative estimate of drug-likeness (QED) is 0.676. The van der Waals surface area contributed by atoms with Crippen molar-refractivity contribution in [1.29, 1.82) is 0 Å². The van der Waals surface area contributed by atoms with Crippen LogP contribution in [-0.2, 0) is 25.5 Å². The van der Waals surface area contributed by atoms with E-state index >= 15 is 0 Å². The average Bonchev–Trinajstić information content (AvgIpc) is 3.14. The molecule has 0 aromatic heterocycles. The zero-order valence-electron chi connectivity index (χ0n) is 17.2. The van der Waals surface area contributed by atoms with Crippen LogP contribution in [0, 0.1) is 5.92 Å². The summed E-state index contributed by atoms with van der Waals surface area (Å²) in [5.74, 6) is -1.17. The maximum atomic E-state index is 12.5. The second-order valence-electron chi connectivity index (χ2n) is 6.97. The van der Waals surface area contributed by atoms with Crippen LogP contribution >= 0.6 is 0 Å². The van der Waals surface area contributed by atoms with Crippen LogP contribution in [0.3, 0.4) is 0 Å². The van der Waals surface area contributed by atoms with Crippen molar-refractivity contribution in [3.8, 4) is 5.75 Å². The molecule has 2 amide bonds. The molecule has 2 aromatic carbocycles. The van der Waals surface area contributed by atoms with Gasteiger partial charge in [-0.05, 0) is 37.1 Å². The number of hydrogen-bond donors (Lipinski definition) is 1. The Bertz CT molecular complexity index is 927. The number of carbonyl (C=O) groups is 3. The maximum Gasteiger partial charge on any atom is 0.311 e. The lowest BCUT2D eigenvalue weighted by atomic mass is 10.1. The number of carbonyl (C=O) groups excluding carboxylic acids is 3. The Balaban J connectivity index is 1.57. The van der Waals surface area contributed by atoms with E-state index < -0.39 is 24.4 Å². The van der Waals surface area contributed by atoms with E-state index in [4.69, 9.17) is 9.47 Å². The molecule has 0 saturated carbocycles. The summed E-state index contributed by atoms with van der Waals surface area (Å²) in [6.07, 6.45) is 0.819. The molecule has 0 radical (unpaired) electrons. The second-order valence-corrected chi connectivity index (χ2v) is 6.97. The number of nitrogens with one attached hydrogen (secondary N) is 1. The van der Waals surface area contributed by atoms with Gasteiger partial charge in [-0.2, -0.15) is 0 Å². The summed E-state index contributed by atoms with van der Waals surface area (Å²) in [7, 11) is 0. The zero-order chi connectivity index (χ0) is 21.5. The minimum atomic E-state index is -0.622. The van der Waals surface area contributed by atoms with Crippen molar-refractivity contribution in [3.05, 3.63) is 54.1 Å². The fraction of sp³-hybridized carbons (Fsp3) is 0.348. The molecule has 0 bridgehead atoms. The maximum absolute atomic E-state index is 12.5. The number of hydrogen-bond acceptors (Lipinski definition) is 5. The Kier molecular flexibility index (Phi) is 7.06. The molecule has 1 aliphatic rings. The molecule has 158 valence electrons. The van der Waals surface area contributed by atoms with Gasteiger partial charge >= 0.3 is 5.97 Å². The molecule has 1 aliphatic heterocycles. The molecule has 0 unspecified atom stereocenters. The van der Waals surface area contributed by atoms with Gasteiger partial charge < -0.3 is 19.7 Å². The Hall–Kier alpha value is -3.35. The van der Waals surface area contributed by atoms with Gasteiger partial charge in [0.15, 0.2) is 6.61 Å². The van der Waals surface area contributed by atoms with Gasteiger partial charge in [0, 0.05) is 18.7 Å². The first kappa shape index (κ1) is 21.4. The van der Waals surface area contributed by atoms with Crippen molar-refractivity contribution in [2.24, 2.45) is 5.92 Å². The predicted molar refractivity (Wildman–Crippen MR) is 113 cm³/mol. The molecule has 2 aromatic rings. The van der Waals surface area contributed by atoms with Crippen molar-refractivity contribution < 1.29 is 23.9 Å². The fourth-order valence-electron chi connectivity index (χ4n) is 3.45. The molecule has 30 heavy (non-hydrogen) atoms. The Morgan fingerprint density at radius 3 is 2.60 bits per heavy atom. The monoisotopic (exact) mass is 410 g/mol. The van der Waals surface area contributed by atoms with Crippen LogP contribution in [0.5, 0.6) is 5.75 Å². The largest absolute Gasteiger partial charge is 0.492 e. The molecular formula is C23H26N2O5. The number of aryl methyl sites for hydroxylation is 1. The van der Waals surface area contributed by atoms with E-state index in [2.05, 4.69) is 5.32 Å². The highest BCUT2D eigenvalue weighted by molar-refractivity contribution is 6.01. The van der Waals surface area contributed by atoms with Gasteiger partial charge in [-0.15, -0.1) is 0 Å². The third-order valence-electron chi connectivity index (χ3n) is 4.93. The standard InChI is InChI=1S/C23H26N2O5/c1-3-16-9-5-6-10-18(16)24-21(26)15-30-23(28)17-13-22(27)25(14-17)19-11-7-8-12-20(19)29-4-2/h5-12,17H,3-4,13-15H2,1-2H3,(H,24,26)/t17-/m1/s1. The molecule has 1 N–H and O–H groups in total. The molecular weight excluding hydrogens is 384 g/mol. The number of amides is 2. The van der Waals surface area contributed by atoms with E-state index in [1.165, 1.54) is 4.90 Å². The van der Waals surface area contributed by atoms with Gasteiger partial charge in [0.05, 0.1) is 18.2 Å². The van der Waals surface area contributed by atoms with Crippen molar-refractivity contribution in [3.63, 3.8) is 0 Å². The molecule has 1 atom stereocenters. The van der Waals surface area contributed by atoms with Crippen LogP contribution in [0.25, 0.3) is 0 Å². The van der Waals surface area contributed by atoms with Crippen LogP contribution in [-0.4, -0.2) is 37.5 Å². The van der Waals surface area contributed by atoms with Crippen molar-refractivity contribution in [2.45, 2.75) is 26.7 Å². The highest BCUT2D eigenvalue weighted by Gasteiger charge is 2.37. The smallest absolute Gasteiger partial charge is 0.311 e. The van der Waals surface area contributed by atoms with E-state index in [1.54, 1.807) is 12.1 Å². The molecule has 3 rings (SSSR count). The number of rotatable bonds is 8. The summed E-state index contributed by atoms with van der Waals surface area (Å²) in [6, 6.07) is 14.7. The molecule has 7 nitrogen and oxygen atoms in total. The van der Waals surface area contributed by atoms with Crippen LogP contribution in [0.15, 0.2) is 48.5 Å². The second kappa shape index (κ2) is 9.91. The number of ether oxygens (including phenoxy) is 2. The summed E-state index contributed by atoms with van der Waals surface area (Å²) in [5.41, 5.74) is 2.34. The van der Waals surface area contributed by atoms with E-state index in [-0.39, 0.29) is 18.9 Å².